The van der Waals surface area contributed by atoms with E-state index in [4.69, 9.17) is 21.6 Å². The molecule has 0 aliphatic carbocycles. The van der Waals surface area contributed by atoms with E-state index in [0.717, 1.165) is 79.1 Å². The maximum atomic E-state index is 6.49. The van der Waals surface area contributed by atoms with Crippen LogP contribution >= 0.6 is 11.6 Å². The fourth-order valence-electron chi connectivity index (χ4n) is 4.45. The fourth-order valence-corrected chi connectivity index (χ4v) is 4.69. The first kappa shape index (κ1) is 23.3. The molecule has 0 bridgehead atoms. The number of piperazine rings is 1. The molecule has 1 aromatic heterocycles. The van der Waals surface area contributed by atoms with Crippen LogP contribution in [0.5, 0.6) is 0 Å². The minimum absolute atomic E-state index is 0.541. The summed E-state index contributed by atoms with van der Waals surface area (Å²) in [4.78, 5) is 25.1. The van der Waals surface area contributed by atoms with Crippen LogP contribution in [0.2, 0.25) is 5.02 Å². The highest BCUT2D eigenvalue weighted by molar-refractivity contribution is 6.40. The topological polar surface area (TPSA) is 72.2 Å². The second-order valence-electron chi connectivity index (χ2n) is 8.82. The SMILES string of the molecule is C=N/C(=C\C=C(/C)Nc1ncc2c(n1)N1CCN=C1C(c1ccccc1Cl)=C2)N1CCN(C)CC1. The van der Waals surface area contributed by atoms with Gasteiger partial charge in [0.1, 0.15) is 17.5 Å². The number of halogens is 1. The predicted molar refractivity (Wildman–Crippen MR) is 145 cm³/mol. The van der Waals surface area contributed by atoms with Gasteiger partial charge in [-0.2, -0.15) is 4.98 Å². The van der Waals surface area contributed by atoms with E-state index in [-0.39, 0.29) is 0 Å². The van der Waals surface area contributed by atoms with Gasteiger partial charge in [0, 0.05) is 66.3 Å². The average Bonchev–Trinajstić information content (AvgIpc) is 3.36. The summed E-state index contributed by atoms with van der Waals surface area (Å²) in [6.45, 7) is 11.2. The van der Waals surface area contributed by atoms with Gasteiger partial charge in [-0.15, -0.1) is 0 Å². The van der Waals surface area contributed by atoms with Gasteiger partial charge in [-0.25, -0.2) is 9.98 Å². The summed E-state index contributed by atoms with van der Waals surface area (Å²) >= 11 is 6.49. The molecule has 5 rings (SSSR count). The van der Waals surface area contributed by atoms with Gasteiger partial charge in [-0.1, -0.05) is 29.8 Å². The van der Waals surface area contributed by atoms with E-state index < -0.39 is 0 Å². The van der Waals surface area contributed by atoms with Crippen molar-refractivity contribution in [3.05, 3.63) is 70.3 Å². The number of aliphatic imine (C=N–C) groups is 2. The van der Waals surface area contributed by atoms with E-state index in [0.29, 0.717) is 11.0 Å². The summed E-state index contributed by atoms with van der Waals surface area (Å²) in [6.07, 6.45) is 7.90. The third-order valence-corrected chi connectivity index (χ3v) is 6.71. The number of amidine groups is 1. The number of hydrogen-bond donors (Lipinski definition) is 1. The molecule has 9 heteroatoms. The lowest BCUT2D eigenvalue weighted by molar-refractivity contribution is 0.185. The number of anilines is 2. The molecule has 0 amide bonds. The lowest BCUT2D eigenvalue weighted by Crippen LogP contribution is -2.43. The summed E-state index contributed by atoms with van der Waals surface area (Å²) in [5.74, 6) is 3.17. The van der Waals surface area contributed by atoms with E-state index >= 15 is 0 Å². The summed E-state index contributed by atoms with van der Waals surface area (Å²) in [5.41, 5.74) is 3.82. The van der Waals surface area contributed by atoms with Gasteiger partial charge in [0.05, 0.1) is 6.54 Å². The van der Waals surface area contributed by atoms with Gasteiger partial charge >= 0.3 is 0 Å². The molecule has 1 aromatic carbocycles. The van der Waals surface area contributed by atoms with Crippen LogP contribution in [0.4, 0.5) is 11.8 Å². The fraction of sp³-hybridized carbons (Fsp3) is 0.308. The third-order valence-electron chi connectivity index (χ3n) is 6.38. The molecule has 2 aromatic rings. The largest absolute Gasteiger partial charge is 0.354 e. The van der Waals surface area contributed by atoms with Crippen molar-refractivity contribution in [2.75, 3.05) is 56.5 Å². The molecule has 0 atom stereocenters. The van der Waals surface area contributed by atoms with Crippen LogP contribution in [-0.4, -0.2) is 78.6 Å². The van der Waals surface area contributed by atoms with Crippen molar-refractivity contribution in [3.63, 3.8) is 0 Å². The number of hydrogen-bond acceptors (Lipinski definition) is 8. The number of likely N-dealkylation sites (N-methyl/N-ethyl adjacent to an activating group) is 1. The molecule has 8 nitrogen and oxygen atoms in total. The number of fused-ring (bicyclic) bond motifs is 3. The lowest BCUT2D eigenvalue weighted by atomic mass is 9.98. The van der Waals surface area contributed by atoms with Gasteiger partial charge in [0.2, 0.25) is 5.95 Å². The molecule has 3 aliphatic rings. The Balaban J connectivity index is 1.37. The van der Waals surface area contributed by atoms with Crippen molar-refractivity contribution < 1.29 is 0 Å². The van der Waals surface area contributed by atoms with Gasteiger partial charge in [0.15, 0.2) is 0 Å². The zero-order valence-corrected chi connectivity index (χ0v) is 20.8. The second-order valence-corrected chi connectivity index (χ2v) is 9.22. The number of rotatable bonds is 6. The Morgan fingerprint density at radius 1 is 1.14 bits per heavy atom. The molecule has 1 saturated heterocycles. The Hall–Kier alpha value is -3.49. The van der Waals surface area contributed by atoms with Crippen LogP contribution in [0.3, 0.4) is 0 Å². The van der Waals surface area contributed by atoms with Crippen LogP contribution in [0.25, 0.3) is 11.6 Å². The number of aromatic nitrogens is 2. The number of nitrogens with zero attached hydrogens (tertiary/aromatic N) is 7. The Morgan fingerprint density at radius 2 is 1.94 bits per heavy atom. The molecule has 0 spiro atoms. The van der Waals surface area contributed by atoms with Crippen LogP contribution in [0, 0.1) is 0 Å². The highest BCUT2D eigenvalue weighted by Gasteiger charge is 2.31. The average molecular weight is 489 g/mol. The number of nitrogens with one attached hydrogen (secondary N) is 1. The summed E-state index contributed by atoms with van der Waals surface area (Å²) < 4.78 is 0. The molecule has 3 aliphatic heterocycles. The van der Waals surface area contributed by atoms with Crippen molar-refractivity contribution in [3.8, 4) is 0 Å². The first-order chi connectivity index (χ1) is 17.0. The third kappa shape index (κ3) is 4.85. The van der Waals surface area contributed by atoms with E-state index in [2.05, 4.69) is 49.8 Å². The molecule has 4 heterocycles. The van der Waals surface area contributed by atoms with Crippen molar-refractivity contribution in [1.82, 2.24) is 19.8 Å². The molecule has 0 unspecified atom stereocenters. The lowest BCUT2D eigenvalue weighted by Gasteiger charge is -2.33. The maximum Gasteiger partial charge on any atom is 0.228 e. The quantitative estimate of drug-likeness (QED) is 0.489. The number of allylic oxidation sites excluding steroid dienone is 3. The molecular formula is C26H29ClN8. The smallest absolute Gasteiger partial charge is 0.228 e. The number of benzene rings is 1. The van der Waals surface area contributed by atoms with Crippen LogP contribution < -0.4 is 10.2 Å². The van der Waals surface area contributed by atoms with Crippen molar-refractivity contribution in [2.24, 2.45) is 9.98 Å². The monoisotopic (exact) mass is 488 g/mol. The van der Waals surface area contributed by atoms with Gasteiger partial charge in [-0.3, -0.25) is 4.99 Å². The van der Waals surface area contributed by atoms with Gasteiger partial charge < -0.3 is 20.0 Å². The van der Waals surface area contributed by atoms with Crippen LogP contribution in [0.15, 0.2) is 64.1 Å². The Morgan fingerprint density at radius 3 is 2.71 bits per heavy atom. The van der Waals surface area contributed by atoms with E-state index in [1.807, 2.05) is 49.5 Å². The highest BCUT2D eigenvalue weighted by Crippen LogP contribution is 2.37. The summed E-state index contributed by atoms with van der Waals surface area (Å²) in [7, 11) is 2.14. The van der Waals surface area contributed by atoms with Crippen molar-refractivity contribution >= 4 is 47.6 Å². The summed E-state index contributed by atoms with van der Waals surface area (Å²) in [6, 6.07) is 7.84. The first-order valence-corrected chi connectivity index (χ1v) is 12.1. The maximum absolute atomic E-state index is 6.49. The van der Waals surface area contributed by atoms with Crippen LogP contribution in [-0.2, 0) is 0 Å². The zero-order valence-electron chi connectivity index (χ0n) is 20.1. The van der Waals surface area contributed by atoms with E-state index in [1.54, 1.807) is 0 Å². The van der Waals surface area contributed by atoms with E-state index in [9.17, 15) is 0 Å². The normalized spacial score (nSPS) is 18.6. The molecular weight excluding hydrogens is 460 g/mol. The minimum atomic E-state index is 0.541. The zero-order chi connectivity index (χ0) is 24.4. The molecule has 0 radical (unpaired) electrons. The molecule has 0 saturated carbocycles. The minimum Gasteiger partial charge on any atom is -0.354 e. The van der Waals surface area contributed by atoms with Crippen molar-refractivity contribution in [1.29, 1.82) is 0 Å². The van der Waals surface area contributed by atoms with E-state index in [1.165, 1.54) is 0 Å². The molecule has 1 fully saturated rings. The highest BCUT2D eigenvalue weighted by atomic mass is 35.5. The van der Waals surface area contributed by atoms with Gasteiger partial charge in [-0.05, 0) is 45.0 Å². The molecule has 1 N–H and O–H groups in total. The van der Waals surface area contributed by atoms with Crippen molar-refractivity contribution in [2.45, 2.75) is 6.92 Å². The molecule has 35 heavy (non-hydrogen) atoms. The Labute approximate surface area is 211 Å². The molecule has 180 valence electrons. The Kier molecular flexibility index (Phi) is 6.66. The second kappa shape index (κ2) is 10.0. The summed E-state index contributed by atoms with van der Waals surface area (Å²) in [5, 5.41) is 4.01. The Bertz CT molecular complexity index is 1250. The predicted octanol–water partition coefficient (Wildman–Crippen LogP) is 4.01. The first-order valence-electron chi connectivity index (χ1n) is 11.8. The standard InChI is InChI=1S/C26H29ClN8/c1-18(8-9-23(28-2)34-14-12-33(3)13-15-34)31-26-30-17-19-16-21(20-6-4-5-7-22(20)27)25-29-10-11-35(25)24(19)32-26/h4-9,16-17H,2,10-15H2,1,3H3,(H,30,31,32)/b18-8+,23-9+. The van der Waals surface area contributed by atoms with Gasteiger partial charge in [0.25, 0.3) is 0 Å². The van der Waals surface area contributed by atoms with Crippen LogP contribution in [0.1, 0.15) is 18.1 Å².